The third-order valence-corrected chi connectivity index (χ3v) is 3.11. The van der Waals surface area contributed by atoms with Crippen LogP contribution in [0.2, 0.25) is 0 Å². The minimum Gasteiger partial charge on any atom is -0.379 e. The number of hydrogen-bond donors (Lipinski definition) is 1. The second kappa shape index (κ2) is 4.55. The highest BCUT2D eigenvalue weighted by molar-refractivity contribution is 5.01. The Morgan fingerprint density at radius 2 is 2.44 bits per heavy atom. The van der Waals surface area contributed by atoms with Crippen molar-refractivity contribution in [1.82, 2.24) is 15.1 Å². The summed E-state index contributed by atoms with van der Waals surface area (Å²) in [4.78, 5) is 0. The molecule has 0 radical (unpaired) electrons. The average Bonchev–Trinajstić information content (AvgIpc) is 2.84. The maximum absolute atomic E-state index is 5.40. The molecule has 0 amide bonds. The van der Waals surface area contributed by atoms with E-state index in [0.29, 0.717) is 6.04 Å². The molecule has 0 aliphatic carbocycles. The zero-order chi connectivity index (χ0) is 11.6. The Morgan fingerprint density at radius 1 is 1.62 bits per heavy atom. The molecule has 16 heavy (non-hydrogen) atoms. The first-order chi connectivity index (χ1) is 7.59. The highest BCUT2D eigenvalue weighted by atomic mass is 16.5. The lowest BCUT2D eigenvalue weighted by Crippen LogP contribution is -2.42. The molecule has 1 N–H and O–H groups in total. The molecule has 0 saturated carbocycles. The Balaban J connectivity index is 1.89. The Kier molecular flexibility index (Phi) is 3.30. The maximum atomic E-state index is 5.40. The molecule has 0 aromatic carbocycles. The summed E-state index contributed by atoms with van der Waals surface area (Å²) in [6.45, 7) is 8.97. The predicted octanol–water partition coefficient (Wildman–Crippen LogP) is 1.73. The molecule has 1 atom stereocenters. The summed E-state index contributed by atoms with van der Waals surface area (Å²) in [6.07, 6.45) is 3.12. The van der Waals surface area contributed by atoms with Gasteiger partial charge in [0, 0.05) is 30.9 Å². The van der Waals surface area contributed by atoms with Gasteiger partial charge in [-0.1, -0.05) is 0 Å². The number of hydrogen-bond acceptors (Lipinski definition) is 3. The van der Waals surface area contributed by atoms with Crippen molar-refractivity contribution in [1.29, 1.82) is 0 Å². The fourth-order valence-corrected chi connectivity index (χ4v) is 1.87. The lowest BCUT2D eigenvalue weighted by atomic mass is 10.0. The smallest absolute Gasteiger partial charge is 0.0762 e. The Labute approximate surface area is 97.0 Å². The molecule has 1 saturated heterocycles. The van der Waals surface area contributed by atoms with Crippen molar-refractivity contribution in [3.8, 4) is 0 Å². The molecular weight excluding hydrogens is 202 g/mol. The van der Waals surface area contributed by atoms with E-state index in [4.69, 9.17) is 4.74 Å². The van der Waals surface area contributed by atoms with Gasteiger partial charge < -0.3 is 10.1 Å². The van der Waals surface area contributed by atoms with Crippen molar-refractivity contribution in [3.05, 3.63) is 18.0 Å². The van der Waals surface area contributed by atoms with Gasteiger partial charge in [0.05, 0.1) is 12.3 Å². The van der Waals surface area contributed by atoms with Gasteiger partial charge in [-0.2, -0.15) is 5.10 Å². The van der Waals surface area contributed by atoms with E-state index in [0.717, 1.165) is 31.9 Å². The SMILES string of the molecule is CC(C)n1ccc(CNC2(C)CCOC2)n1. The summed E-state index contributed by atoms with van der Waals surface area (Å²) in [5, 5.41) is 8.04. The summed E-state index contributed by atoms with van der Waals surface area (Å²) in [5.74, 6) is 0. The van der Waals surface area contributed by atoms with Crippen LogP contribution in [0.1, 0.15) is 38.9 Å². The quantitative estimate of drug-likeness (QED) is 0.845. The van der Waals surface area contributed by atoms with Crippen LogP contribution in [0, 0.1) is 0 Å². The molecule has 2 heterocycles. The van der Waals surface area contributed by atoms with Gasteiger partial charge >= 0.3 is 0 Å². The summed E-state index contributed by atoms with van der Waals surface area (Å²) in [6, 6.07) is 2.51. The lowest BCUT2D eigenvalue weighted by molar-refractivity contribution is 0.171. The number of nitrogens with zero attached hydrogens (tertiary/aromatic N) is 2. The molecule has 2 rings (SSSR count). The fraction of sp³-hybridized carbons (Fsp3) is 0.750. The van der Waals surface area contributed by atoms with E-state index in [-0.39, 0.29) is 5.54 Å². The molecule has 0 spiro atoms. The van der Waals surface area contributed by atoms with E-state index < -0.39 is 0 Å². The lowest BCUT2D eigenvalue weighted by Gasteiger charge is -2.22. The second-order valence-electron chi connectivity index (χ2n) is 5.10. The van der Waals surface area contributed by atoms with Crippen LogP contribution in [-0.4, -0.2) is 28.5 Å². The average molecular weight is 223 g/mol. The van der Waals surface area contributed by atoms with Crippen molar-refractivity contribution < 1.29 is 4.74 Å². The van der Waals surface area contributed by atoms with Crippen LogP contribution >= 0.6 is 0 Å². The minimum atomic E-state index is 0.127. The van der Waals surface area contributed by atoms with E-state index in [9.17, 15) is 0 Å². The molecule has 1 fully saturated rings. The Hall–Kier alpha value is -0.870. The van der Waals surface area contributed by atoms with Crippen molar-refractivity contribution in [3.63, 3.8) is 0 Å². The summed E-state index contributed by atoms with van der Waals surface area (Å²) < 4.78 is 7.39. The molecule has 0 bridgehead atoms. The standard InChI is InChI=1S/C12H21N3O/c1-10(2)15-6-4-11(14-15)8-13-12(3)5-7-16-9-12/h4,6,10,13H,5,7-9H2,1-3H3. The summed E-state index contributed by atoms with van der Waals surface area (Å²) in [5.41, 5.74) is 1.23. The third-order valence-electron chi connectivity index (χ3n) is 3.11. The first kappa shape index (κ1) is 11.6. The third kappa shape index (κ3) is 2.62. The number of aromatic nitrogens is 2. The molecular formula is C12H21N3O. The highest BCUT2D eigenvalue weighted by Crippen LogP contribution is 2.18. The van der Waals surface area contributed by atoms with Crippen LogP contribution in [0.15, 0.2) is 12.3 Å². The van der Waals surface area contributed by atoms with E-state index >= 15 is 0 Å². The Bertz CT molecular complexity index is 340. The van der Waals surface area contributed by atoms with Crippen LogP contribution in [0.25, 0.3) is 0 Å². The number of ether oxygens (including phenoxy) is 1. The molecule has 1 aromatic rings. The van der Waals surface area contributed by atoms with E-state index in [2.05, 4.69) is 37.3 Å². The van der Waals surface area contributed by atoms with Gasteiger partial charge in [-0.15, -0.1) is 0 Å². The minimum absolute atomic E-state index is 0.127. The van der Waals surface area contributed by atoms with Gasteiger partial charge in [0.2, 0.25) is 0 Å². The first-order valence-corrected chi connectivity index (χ1v) is 5.96. The van der Waals surface area contributed by atoms with Gasteiger partial charge in [-0.3, -0.25) is 4.68 Å². The van der Waals surface area contributed by atoms with Crippen molar-refractivity contribution in [2.45, 2.75) is 45.3 Å². The summed E-state index contributed by atoms with van der Waals surface area (Å²) >= 11 is 0. The Morgan fingerprint density at radius 3 is 3.00 bits per heavy atom. The molecule has 4 heteroatoms. The fourth-order valence-electron chi connectivity index (χ4n) is 1.87. The zero-order valence-electron chi connectivity index (χ0n) is 10.4. The second-order valence-corrected chi connectivity index (χ2v) is 5.10. The van der Waals surface area contributed by atoms with E-state index in [1.807, 2.05) is 10.9 Å². The monoisotopic (exact) mass is 223 g/mol. The first-order valence-electron chi connectivity index (χ1n) is 5.96. The summed E-state index contributed by atoms with van der Waals surface area (Å²) in [7, 11) is 0. The normalized spacial score (nSPS) is 25.5. The van der Waals surface area contributed by atoms with Crippen molar-refractivity contribution in [2.24, 2.45) is 0 Å². The molecule has 1 aliphatic heterocycles. The maximum Gasteiger partial charge on any atom is 0.0762 e. The van der Waals surface area contributed by atoms with Crippen LogP contribution in [0.4, 0.5) is 0 Å². The van der Waals surface area contributed by atoms with Crippen molar-refractivity contribution >= 4 is 0 Å². The van der Waals surface area contributed by atoms with Crippen molar-refractivity contribution in [2.75, 3.05) is 13.2 Å². The number of rotatable bonds is 4. The van der Waals surface area contributed by atoms with Gasteiger partial charge in [0.1, 0.15) is 0 Å². The van der Waals surface area contributed by atoms with Gasteiger partial charge in [-0.25, -0.2) is 0 Å². The highest BCUT2D eigenvalue weighted by Gasteiger charge is 2.28. The van der Waals surface area contributed by atoms with Crippen LogP contribution in [-0.2, 0) is 11.3 Å². The van der Waals surface area contributed by atoms with Gasteiger partial charge in [-0.05, 0) is 33.3 Å². The molecule has 90 valence electrons. The van der Waals surface area contributed by atoms with Crippen LogP contribution < -0.4 is 5.32 Å². The van der Waals surface area contributed by atoms with Crippen LogP contribution in [0.5, 0.6) is 0 Å². The molecule has 4 nitrogen and oxygen atoms in total. The van der Waals surface area contributed by atoms with E-state index in [1.54, 1.807) is 0 Å². The predicted molar refractivity (Wildman–Crippen MR) is 63.3 cm³/mol. The molecule has 1 aliphatic rings. The van der Waals surface area contributed by atoms with Crippen LogP contribution in [0.3, 0.4) is 0 Å². The number of nitrogens with one attached hydrogen (secondary N) is 1. The largest absolute Gasteiger partial charge is 0.379 e. The van der Waals surface area contributed by atoms with E-state index in [1.165, 1.54) is 0 Å². The molecule has 1 unspecified atom stereocenters. The topological polar surface area (TPSA) is 39.1 Å². The molecule has 1 aromatic heterocycles. The van der Waals surface area contributed by atoms with Gasteiger partial charge in [0.15, 0.2) is 0 Å². The van der Waals surface area contributed by atoms with Gasteiger partial charge in [0.25, 0.3) is 0 Å². The zero-order valence-corrected chi connectivity index (χ0v) is 10.4.